The fourth-order valence-corrected chi connectivity index (χ4v) is 4.09. The van der Waals surface area contributed by atoms with Gasteiger partial charge in [0.05, 0.1) is 6.04 Å². The van der Waals surface area contributed by atoms with Crippen LogP contribution in [0.2, 0.25) is 0 Å². The van der Waals surface area contributed by atoms with Crippen molar-refractivity contribution in [3.8, 4) is 0 Å². The number of benzene rings is 1. The monoisotopic (exact) mass is 350 g/mol. The fraction of sp³-hybridized carbons (Fsp3) is 0.632. The first kappa shape index (κ1) is 18.1. The van der Waals surface area contributed by atoms with Crippen LogP contribution >= 0.6 is 0 Å². The number of likely N-dealkylation sites (tertiary alicyclic amines) is 1. The quantitative estimate of drug-likeness (QED) is 0.669. The first-order chi connectivity index (χ1) is 12.0. The van der Waals surface area contributed by atoms with Gasteiger partial charge >= 0.3 is 0 Å². The SMILES string of the molecule is CN=C(NCC(c1c(F)cccc1F)N(C)C)N1CCC2(CCC2)C1. The van der Waals surface area contributed by atoms with E-state index in [4.69, 9.17) is 0 Å². The second kappa shape index (κ2) is 7.28. The molecule has 1 saturated carbocycles. The highest BCUT2D eigenvalue weighted by molar-refractivity contribution is 5.80. The maximum Gasteiger partial charge on any atom is 0.193 e. The smallest absolute Gasteiger partial charge is 0.193 e. The van der Waals surface area contributed by atoms with Gasteiger partial charge in [0.15, 0.2) is 5.96 Å². The van der Waals surface area contributed by atoms with Crippen molar-refractivity contribution in [2.24, 2.45) is 10.4 Å². The number of rotatable bonds is 4. The van der Waals surface area contributed by atoms with Crippen LogP contribution in [-0.4, -0.2) is 56.5 Å². The summed E-state index contributed by atoms with van der Waals surface area (Å²) in [6.45, 7) is 2.44. The molecule has 0 bridgehead atoms. The van der Waals surface area contributed by atoms with E-state index in [2.05, 4.69) is 15.2 Å². The van der Waals surface area contributed by atoms with Gasteiger partial charge in [0, 0.05) is 32.2 Å². The Morgan fingerprint density at radius 3 is 2.44 bits per heavy atom. The van der Waals surface area contributed by atoms with Crippen molar-refractivity contribution >= 4 is 5.96 Å². The van der Waals surface area contributed by atoms with Crippen LogP contribution in [-0.2, 0) is 0 Å². The average Bonchev–Trinajstić information content (AvgIpc) is 2.99. The average molecular weight is 350 g/mol. The number of nitrogens with one attached hydrogen (secondary N) is 1. The molecule has 1 N–H and O–H groups in total. The van der Waals surface area contributed by atoms with Gasteiger partial charge in [0.25, 0.3) is 0 Å². The van der Waals surface area contributed by atoms with E-state index in [0.717, 1.165) is 19.0 Å². The maximum atomic E-state index is 14.2. The molecule has 0 radical (unpaired) electrons. The number of hydrogen-bond acceptors (Lipinski definition) is 2. The molecule has 6 heteroatoms. The Balaban J connectivity index is 1.68. The van der Waals surface area contributed by atoms with Crippen molar-refractivity contribution in [1.82, 2.24) is 15.1 Å². The van der Waals surface area contributed by atoms with Crippen LogP contribution in [0.25, 0.3) is 0 Å². The van der Waals surface area contributed by atoms with Crippen molar-refractivity contribution in [3.63, 3.8) is 0 Å². The van der Waals surface area contributed by atoms with Crippen LogP contribution in [0.15, 0.2) is 23.2 Å². The van der Waals surface area contributed by atoms with Crippen LogP contribution in [0.5, 0.6) is 0 Å². The van der Waals surface area contributed by atoms with E-state index in [0.29, 0.717) is 12.0 Å². The molecule has 2 fully saturated rings. The summed E-state index contributed by atoms with van der Waals surface area (Å²) in [4.78, 5) is 8.50. The minimum absolute atomic E-state index is 0.104. The highest BCUT2D eigenvalue weighted by atomic mass is 19.1. The van der Waals surface area contributed by atoms with Gasteiger partial charge in [-0.2, -0.15) is 0 Å². The van der Waals surface area contributed by atoms with Gasteiger partial charge in [-0.3, -0.25) is 4.99 Å². The zero-order chi connectivity index (χ0) is 18.0. The molecule has 2 aliphatic rings. The molecule has 1 spiro atoms. The zero-order valence-electron chi connectivity index (χ0n) is 15.4. The number of aliphatic imine (C=N–C) groups is 1. The lowest BCUT2D eigenvalue weighted by atomic mass is 9.68. The Hall–Kier alpha value is -1.69. The number of nitrogens with zero attached hydrogens (tertiary/aromatic N) is 3. The molecule has 1 aliphatic heterocycles. The molecule has 1 aromatic rings. The molecule has 1 aromatic carbocycles. The summed E-state index contributed by atoms with van der Waals surface area (Å²) in [5.41, 5.74) is 0.586. The summed E-state index contributed by atoms with van der Waals surface area (Å²) in [7, 11) is 5.43. The van der Waals surface area contributed by atoms with E-state index in [-0.39, 0.29) is 5.56 Å². The van der Waals surface area contributed by atoms with Gasteiger partial charge in [-0.1, -0.05) is 12.5 Å². The van der Waals surface area contributed by atoms with E-state index >= 15 is 0 Å². The Bertz CT molecular complexity index is 620. The van der Waals surface area contributed by atoms with Gasteiger partial charge in [0.2, 0.25) is 0 Å². The molecule has 0 aromatic heterocycles. The zero-order valence-corrected chi connectivity index (χ0v) is 15.4. The molecule has 1 heterocycles. The molecule has 1 aliphatic carbocycles. The van der Waals surface area contributed by atoms with E-state index in [1.165, 1.54) is 43.9 Å². The lowest BCUT2D eigenvalue weighted by molar-refractivity contribution is 0.151. The van der Waals surface area contributed by atoms with Crippen LogP contribution in [0.4, 0.5) is 8.78 Å². The molecule has 138 valence electrons. The Kier molecular flexibility index (Phi) is 5.27. The minimum atomic E-state index is -0.509. The van der Waals surface area contributed by atoms with Crippen molar-refractivity contribution in [3.05, 3.63) is 35.4 Å². The Morgan fingerprint density at radius 1 is 1.28 bits per heavy atom. The summed E-state index contributed by atoms with van der Waals surface area (Å²) < 4.78 is 28.4. The van der Waals surface area contributed by atoms with Crippen LogP contribution in [0.3, 0.4) is 0 Å². The molecule has 1 unspecified atom stereocenters. The minimum Gasteiger partial charge on any atom is -0.354 e. The van der Waals surface area contributed by atoms with Gasteiger partial charge in [-0.25, -0.2) is 8.78 Å². The third-order valence-corrected chi connectivity index (χ3v) is 5.77. The molecule has 0 amide bonds. The number of likely N-dealkylation sites (N-methyl/N-ethyl adjacent to an activating group) is 1. The number of hydrogen-bond donors (Lipinski definition) is 1. The maximum absolute atomic E-state index is 14.2. The highest BCUT2D eigenvalue weighted by Gasteiger charge is 2.43. The van der Waals surface area contributed by atoms with Crippen LogP contribution < -0.4 is 5.32 Å². The van der Waals surface area contributed by atoms with Crippen LogP contribution in [0.1, 0.15) is 37.3 Å². The van der Waals surface area contributed by atoms with Gasteiger partial charge in [0.1, 0.15) is 11.6 Å². The van der Waals surface area contributed by atoms with Crippen molar-refractivity contribution in [2.45, 2.75) is 31.7 Å². The third-order valence-electron chi connectivity index (χ3n) is 5.77. The standard InChI is InChI=1S/C19H28F2N4/c1-22-18(25-11-10-19(13-25)8-5-9-19)23-12-16(24(2)3)17-14(20)6-4-7-15(17)21/h4,6-7,16H,5,8-13H2,1-3H3,(H,22,23). The van der Waals surface area contributed by atoms with Crippen LogP contribution in [0, 0.1) is 17.0 Å². The second-order valence-corrected chi connectivity index (χ2v) is 7.57. The predicted octanol–water partition coefficient (Wildman–Crippen LogP) is 3.02. The molecule has 1 saturated heterocycles. The van der Waals surface area contributed by atoms with Crippen molar-refractivity contribution in [2.75, 3.05) is 40.8 Å². The lowest BCUT2D eigenvalue weighted by Gasteiger charge is -2.38. The van der Waals surface area contributed by atoms with Gasteiger partial charge in [-0.05, 0) is 50.9 Å². The first-order valence-electron chi connectivity index (χ1n) is 9.02. The van der Waals surface area contributed by atoms with E-state index in [9.17, 15) is 8.78 Å². The summed E-state index contributed by atoms with van der Waals surface area (Å²) in [5, 5.41) is 3.33. The molecule has 1 atom stereocenters. The molecular weight excluding hydrogens is 322 g/mol. The second-order valence-electron chi connectivity index (χ2n) is 7.57. The largest absolute Gasteiger partial charge is 0.354 e. The molecule has 3 rings (SSSR count). The summed E-state index contributed by atoms with van der Waals surface area (Å²) in [6, 6.07) is 3.61. The molecular formula is C19H28F2N4. The fourth-order valence-electron chi connectivity index (χ4n) is 4.09. The Morgan fingerprint density at radius 2 is 1.96 bits per heavy atom. The predicted molar refractivity (Wildman–Crippen MR) is 96.6 cm³/mol. The Labute approximate surface area is 148 Å². The normalized spacial score (nSPS) is 20.9. The first-order valence-corrected chi connectivity index (χ1v) is 9.02. The topological polar surface area (TPSA) is 30.9 Å². The summed E-state index contributed by atoms with van der Waals surface area (Å²) in [6.07, 6.45) is 5.16. The summed E-state index contributed by atoms with van der Waals surface area (Å²) >= 11 is 0. The molecule has 25 heavy (non-hydrogen) atoms. The van der Waals surface area contributed by atoms with Crippen molar-refractivity contribution in [1.29, 1.82) is 0 Å². The lowest BCUT2D eigenvalue weighted by Crippen LogP contribution is -2.45. The van der Waals surface area contributed by atoms with Gasteiger partial charge in [-0.15, -0.1) is 0 Å². The number of guanidine groups is 1. The third kappa shape index (κ3) is 3.64. The number of halogens is 2. The van der Waals surface area contributed by atoms with E-state index in [1.54, 1.807) is 7.05 Å². The van der Waals surface area contributed by atoms with Crippen molar-refractivity contribution < 1.29 is 8.78 Å². The molecule has 4 nitrogen and oxygen atoms in total. The van der Waals surface area contributed by atoms with E-state index in [1.807, 2.05) is 19.0 Å². The highest BCUT2D eigenvalue weighted by Crippen LogP contribution is 2.47. The van der Waals surface area contributed by atoms with E-state index < -0.39 is 17.7 Å². The van der Waals surface area contributed by atoms with Gasteiger partial charge < -0.3 is 15.1 Å². The summed E-state index contributed by atoms with van der Waals surface area (Å²) in [5.74, 6) is -0.192.